The summed E-state index contributed by atoms with van der Waals surface area (Å²) < 4.78 is 0. The molecule has 3 nitrogen and oxygen atoms in total. The van der Waals surface area contributed by atoms with Gasteiger partial charge in [0.1, 0.15) is 0 Å². The predicted octanol–water partition coefficient (Wildman–Crippen LogP) is 6.85. The Kier molecular flexibility index (Phi) is 7.16. The van der Waals surface area contributed by atoms with Crippen molar-refractivity contribution in [3.8, 4) is 11.1 Å². The lowest BCUT2D eigenvalue weighted by Gasteiger charge is -2.12. The van der Waals surface area contributed by atoms with Crippen molar-refractivity contribution < 1.29 is 4.79 Å². The van der Waals surface area contributed by atoms with Gasteiger partial charge in [-0.2, -0.15) is 0 Å². The van der Waals surface area contributed by atoms with Crippen molar-refractivity contribution in [2.45, 2.75) is 30.7 Å². The minimum absolute atomic E-state index is 0. The molecule has 0 saturated heterocycles. The highest BCUT2D eigenvalue weighted by Crippen LogP contribution is 2.52. The van der Waals surface area contributed by atoms with Gasteiger partial charge in [0.15, 0.2) is 0 Å². The maximum Gasteiger partial charge on any atom is 0.255 e. The Bertz CT molecular complexity index is 1220. The first-order valence-electron chi connectivity index (χ1n) is 11.5. The summed E-state index contributed by atoms with van der Waals surface area (Å²) in [6, 6.07) is 36.5. The van der Waals surface area contributed by atoms with Gasteiger partial charge >= 0.3 is 0 Å². The van der Waals surface area contributed by atoms with Gasteiger partial charge in [0.2, 0.25) is 0 Å². The van der Waals surface area contributed by atoms with E-state index in [0.717, 1.165) is 36.1 Å². The molecule has 34 heavy (non-hydrogen) atoms. The Morgan fingerprint density at radius 3 is 2.03 bits per heavy atom. The monoisotopic (exact) mass is 468 g/mol. The number of aryl methyl sites for hydroxylation is 1. The molecule has 5 rings (SSSR count). The fourth-order valence-electron chi connectivity index (χ4n) is 4.52. The van der Waals surface area contributed by atoms with E-state index in [1.165, 1.54) is 11.1 Å². The van der Waals surface area contributed by atoms with Gasteiger partial charge in [0, 0.05) is 22.7 Å². The Hall–Kier alpha value is -3.40. The van der Waals surface area contributed by atoms with Crippen LogP contribution in [-0.2, 0) is 6.42 Å². The molecule has 1 aliphatic rings. The molecule has 1 aliphatic carbocycles. The summed E-state index contributed by atoms with van der Waals surface area (Å²) in [4.78, 5) is 12.7. The van der Waals surface area contributed by atoms with Crippen LogP contribution in [0.25, 0.3) is 11.1 Å². The molecule has 4 aromatic carbocycles. The molecule has 0 spiro atoms. The first kappa shape index (κ1) is 23.7. The average Bonchev–Trinajstić information content (AvgIpc) is 3.56. The number of carbonyl (C=O) groups is 1. The van der Waals surface area contributed by atoms with Crippen molar-refractivity contribution >= 4 is 24.0 Å². The molecule has 0 radical (unpaired) electrons. The Morgan fingerprint density at radius 2 is 1.38 bits per heavy atom. The lowest BCUT2D eigenvalue weighted by atomic mass is 9.99. The highest BCUT2D eigenvalue weighted by atomic mass is 35.5. The number of rotatable bonds is 7. The van der Waals surface area contributed by atoms with Crippen molar-refractivity contribution in [3.05, 3.63) is 126 Å². The van der Waals surface area contributed by atoms with E-state index in [0.29, 0.717) is 11.5 Å². The van der Waals surface area contributed by atoms with E-state index in [9.17, 15) is 4.79 Å². The van der Waals surface area contributed by atoms with E-state index in [2.05, 4.69) is 53.8 Å². The van der Waals surface area contributed by atoms with Crippen LogP contribution in [0.5, 0.6) is 0 Å². The van der Waals surface area contributed by atoms with E-state index >= 15 is 0 Å². The van der Waals surface area contributed by atoms with Crippen molar-refractivity contribution in [2.24, 2.45) is 5.73 Å². The van der Waals surface area contributed by atoms with Gasteiger partial charge in [0.05, 0.1) is 0 Å². The molecule has 4 heteroatoms. The van der Waals surface area contributed by atoms with Crippen LogP contribution in [0.4, 0.5) is 5.69 Å². The molecule has 172 valence electrons. The van der Waals surface area contributed by atoms with Gasteiger partial charge in [-0.05, 0) is 65.8 Å². The van der Waals surface area contributed by atoms with E-state index in [-0.39, 0.29) is 23.9 Å². The fraction of sp³-hybridized carbons (Fsp3) is 0.167. The van der Waals surface area contributed by atoms with E-state index < -0.39 is 0 Å². The summed E-state index contributed by atoms with van der Waals surface area (Å²) in [6.45, 7) is 0. The van der Waals surface area contributed by atoms with E-state index in [4.69, 9.17) is 5.73 Å². The Morgan fingerprint density at radius 1 is 0.794 bits per heavy atom. The highest BCUT2D eigenvalue weighted by Gasteiger charge is 2.50. The number of amides is 1. The average molecular weight is 469 g/mol. The molecule has 4 aromatic rings. The van der Waals surface area contributed by atoms with Gasteiger partial charge < -0.3 is 11.1 Å². The highest BCUT2D eigenvalue weighted by molar-refractivity contribution is 6.04. The maximum absolute atomic E-state index is 12.7. The zero-order valence-electron chi connectivity index (χ0n) is 19.0. The number of hydrogen-bond donors (Lipinski definition) is 2. The van der Waals surface area contributed by atoms with Gasteiger partial charge in [0.25, 0.3) is 5.91 Å². The maximum atomic E-state index is 12.7. The first-order valence-corrected chi connectivity index (χ1v) is 11.5. The molecular weight excluding hydrogens is 440 g/mol. The largest absolute Gasteiger partial charge is 0.325 e. The topological polar surface area (TPSA) is 55.1 Å². The molecule has 3 N–H and O–H groups in total. The number of halogens is 1. The number of anilines is 1. The van der Waals surface area contributed by atoms with Crippen LogP contribution in [-0.4, -0.2) is 11.4 Å². The molecule has 0 aliphatic heterocycles. The molecule has 0 unspecified atom stereocenters. The molecule has 0 heterocycles. The molecule has 1 fully saturated rings. The smallest absolute Gasteiger partial charge is 0.255 e. The van der Waals surface area contributed by atoms with Crippen LogP contribution in [0.3, 0.4) is 0 Å². The number of hydrogen-bond acceptors (Lipinski definition) is 2. The summed E-state index contributed by atoms with van der Waals surface area (Å²) in [5.41, 5.74) is 12.8. The van der Waals surface area contributed by atoms with Crippen LogP contribution in [0.2, 0.25) is 0 Å². The number of benzene rings is 4. The molecule has 1 saturated carbocycles. The normalized spacial score (nSPS) is 18.6. The van der Waals surface area contributed by atoms with Gasteiger partial charge in [-0.1, -0.05) is 84.9 Å². The zero-order valence-corrected chi connectivity index (χ0v) is 19.8. The quantitative estimate of drug-likeness (QED) is 0.311. The first-order chi connectivity index (χ1) is 16.1. The summed E-state index contributed by atoms with van der Waals surface area (Å²) >= 11 is 0. The second kappa shape index (κ2) is 10.3. The Balaban J connectivity index is 0.00000274. The fourth-order valence-corrected chi connectivity index (χ4v) is 4.52. The summed E-state index contributed by atoms with van der Waals surface area (Å²) in [7, 11) is 0. The van der Waals surface area contributed by atoms with Gasteiger partial charge in [-0.15, -0.1) is 12.4 Å². The van der Waals surface area contributed by atoms with Crippen LogP contribution >= 0.6 is 12.4 Å². The number of nitrogens with one attached hydrogen (secondary N) is 1. The standard InChI is InChI=1S/C30H28N2O.ClH/c31-30(20-19-22-7-3-1-4-8-22)21-28(30)25-15-17-27(18-16-25)32-29(33)26-13-11-24(12-14-26)23-9-5-2-6-10-23;/h1-18,28H,19-21,31H2,(H,32,33);1H/t28-,30-;/m0./s1. The lowest BCUT2D eigenvalue weighted by Crippen LogP contribution is -2.25. The molecule has 0 bridgehead atoms. The number of nitrogens with two attached hydrogens (primary N) is 1. The van der Waals surface area contributed by atoms with Crippen molar-refractivity contribution in [3.63, 3.8) is 0 Å². The van der Waals surface area contributed by atoms with E-state index in [1.807, 2.05) is 60.7 Å². The predicted molar refractivity (Wildman–Crippen MR) is 143 cm³/mol. The van der Waals surface area contributed by atoms with Crippen molar-refractivity contribution in [1.29, 1.82) is 0 Å². The molecule has 1 amide bonds. The summed E-state index contributed by atoms with van der Waals surface area (Å²) in [5.74, 6) is 0.279. The molecule has 2 atom stereocenters. The van der Waals surface area contributed by atoms with Crippen LogP contribution < -0.4 is 11.1 Å². The van der Waals surface area contributed by atoms with Gasteiger partial charge in [-0.3, -0.25) is 4.79 Å². The Labute approximate surface area is 207 Å². The second-order valence-corrected chi connectivity index (χ2v) is 8.99. The minimum atomic E-state index is -0.124. The zero-order chi connectivity index (χ0) is 22.7. The third-order valence-corrected chi connectivity index (χ3v) is 6.67. The summed E-state index contributed by atoms with van der Waals surface area (Å²) in [5, 5.41) is 3.00. The minimum Gasteiger partial charge on any atom is -0.325 e. The third kappa shape index (κ3) is 5.39. The lowest BCUT2D eigenvalue weighted by molar-refractivity contribution is 0.102. The van der Waals surface area contributed by atoms with Crippen LogP contribution in [0, 0.1) is 0 Å². The third-order valence-electron chi connectivity index (χ3n) is 6.67. The number of carbonyl (C=O) groups excluding carboxylic acids is 1. The SMILES string of the molecule is Cl.N[C@@]1(CCc2ccccc2)C[C@H]1c1ccc(NC(=O)c2ccc(-c3ccccc3)cc2)cc1. The second-order valence-electron chi connectivity index (χ2n) is 8.99. The van der Waals surface area contributed by atoms with Gasteiger partial charge in [-0.25, -0.2) is 0 Å². The van der Waals surface area contributed by atoms with Crippen LogP contribution in [0.1, 0.15) is 40.2 Å². The molecular formula is C30H29ClN2O. The van der Waals surface area contributed by atoms with Crippen molar-refractivity contribution in [2.75, 3.05) is 5.32 Å². The summed E-state index contributed by atoms with van der Waals surface area (Å²) in [6.07, 6.45) is 3.00. The van der Waals surface area contributed by atoms with Crippen molar-refractivity contribution in [1.82, 2.24) is 0 Å². The van der Waals surface area contributed by atoms with Crippen LogP contribution in [0.15, 0.2) is 109 Å². The van der Waals surface area contributed by atoms with E-state index in [1.54, 1.807) is 0 Å². The molecule has 0 aromatic heterocycles.